The first-order chi connectivity index (χ1) is 8.98. The maximum atomic E-state index is 12.7. The van der Waals surface area contributed by atoms with Gasteiger partial charge in [-0.15, -0.1) is 0 Å². The van der Waals surface area contributed by atoms with Crippen LogP contribution >= 0.6 is 9.24 Å². The lowest BCUT2D eigenvalue weighted by Gasteiger charge is -2.11. The molecule has 0 radical (unpaired) electrons. The fraction of sp³-hybridized carbons (Fsp3) is 0.182. The van der Waals surface area contributed by atoms with Crippen LogP contribution in [0.25, 0.3) is 11.5 Å². The molecular weight excluding hydrogens is 275 g/mol. The molecule has 0 aliphatic heterocycles. The van der Waals surface area contributed by atoms with Gasteiger partial charge in [0.1, 0.15) is 17.8 Å². The quantitative estimate of drug-likeness (QED) is 0.675. The second-order valence-electron chi connectivity index (χ2n) is 3.74. The molecule has 0 aliphatic carbocycles. The lowest BCUT2D eigenvalue weighted by Crippen LogP contribution is -2.19. The van der Waals surface area contributed by atoms with Crippen LogP contribution in [0.3, 0.4) is 0 Å². The topological polar surface area (TPSA) is 68.0 Å². The molecule has 5 nitrogen and oxygen atoms in total. The largest absolute Gasteiger partial charge is 0.444 e. The van der Waals surface area contributed by atoms with Crippen LogP contribution < -0.4 is 5.32 Å². The van der Waals surface area contributed by atoms with Crippen LogP contribution in [0, 0.1) is 0 Å². The van der Waals surface area contributed by atoms with Crippen LogP contribution in [0.2, 0.25) is 0 Å². The van der Waals surface area contributed by atoms with Gasteiger partial charge in [0.05, 0.1) is 6.54 Å². The number of anilines is 1. The smallest absolute Gasteiger partial charge is 0.275 e. The number of nitrogens with zero attached hydrogens (tertiary/aromatic N) is 2. The van der Waals surface area contributed by atoms with Crippen LogP contribution in [-0.4, -0.2) is 28.5 Å². The Labute approximate surface area is 109 Å². The Balaban J connectivity index is 2.17. The van der Waals surface area contributed by atoms with Crippen molar-refractivity contribution in [2.45, 2.75) is 5.66 Å². The summed E-state index contributed by atoms with van der Waals surface area (Å²) in [7, 11) is 1.44. The molecule has 2 aromatic heterocycles. The first-order valence-electron chi connectivity index (χ1n) is 5.26. The van der Waals surface area contributed by atoms with Gasteiger partial charge in [-0.1, -0.05) is 9.24 Å². The minimum atomic E-state index is -2.91. The Morgan fingerprint density at radius 1 is 1.53 bits per heavy atom. The van der Waals surface area contributed by atoms with Gasteiger partial charge in [-0.2, -0.15) is 0 Å². The van der Waals surface area contributed by atoms with Crippen LogP contribution in [0.15, 0.2) is 29.0 Å². The van der Waals surface area contributed by atoms with E-state index in [9.17, 15) is 13.6 Å². The van der Waals surface area contributed by atoms with Crippen molar-refractivity contribution in [3.05, 3.63) is 30.3 Å². The van der Waals surface area contributed by atoms with E-state index >= 15 is 0 Å². The zero-order valence-corrected chi connectivity index (χ0v) is 10.8. The molecule has 0 aromatic carbocycles. The monoisotopic (exact) mass is 285 g/mol. The minimum Gasteiger partial charge on any atom is -0.444 e. The van der Waals surface area contributed by atoms with E-state index in [-0.39, 0.29) is 17.4 Å². The van der Waals surface area contributed by atoms with Gasteiger partial charge in [0, 0.05) is 11.8 Å². The van der Waals surface area contributed by atoms with E-state index in [4.69, 9.17) is 4.42 Å². The van der Waals surface area contributed by atoms with E-state index in [0.717, 1.165) is 0 Å². The van der Waals surface area contributed by atoms with Crippen LogP contribution in [0.1, 0.15) is 10.5 Å². The first-order valence-corrected chi connectivity index (χ1v) is 5.83. The van der Waals surface area contributed by atoms with Crippen molar-refractivity contribution >= 4 is 21.3 Å². The summed E-state index contributed by atoms with van der Waals surface area (Å²) in [4.78, 5) is 18.3. The van der Waals surface area contributed by atoms with Gasteiger partial charge < -0.3 is 9.73 Å². The maximum Gasteiger partial charge on any atom is 0.275 e. The number of aromatic nitrogens is 2. The van der Waals surface area contributed by atoms with Crippen molar-refractivity contribution in [3.8, 4) is 11.5 Å². The highest BCUT2D eigenvalue weighted by Gasteiger charge is 2.20. The number of halogens is 2. The van der Waals surface area contributed by atoms with Crippen molar-refractivity contribution in [1.82, 2.24) is 9.97 Å². The van der Waals surface area contributed by atoms with Crippen molar-refractivity contribution in [3.63, 3.8) is 0 Å². The SMILES string of the molecule is O=Cc1coc(-c2ccnc(NCC(F)(F)P)c2)n1. The molecule has 0 fully saturated rings. The summed E-state index contributed by atoms with van der Waals surface area (Å²) >= 11 is 0. The third kappa shape index (κ3) is 3.79. The number of aldehydes is 1. The van der Waals surface area contributed by atoms with E-state index in [1.54, 1.807) is 6.07 Å². The molecule has 2 heterocycles. The van der Waals surface area contributed by atoms with Gasteiger partial charge in [0.15, 0.2) is 6.29 Å². The molecule has 8 heteroatoms. The van der Waals surface area contributed by atoms with Crippen LogP contribution in [0.4, 0.5) is 14.6 Å². The molecule has 0 saturated heterocycles. The third-order valence-corrected chi connectivity index (χ3v) is 2.36. The Morgan fingerprint density at radius 3 is 2.95 bits per heavy atom. The Morgan fingerprint density at radius 2 is 2.32 bits per heavy atom. The fourth-order valence-corrected chi connectivity index (χ4v) is 1.44. The van der Waals surface area contributed by atoms with Crippen molar-refractivity contribution in [2.24, 2.45) is 0 Å². The Hall–Kier alpha value is -1.88. The summed E-state index contributed by atoms with van der Waals surface area (Å²) in [5, 5.41) is 2.49. The summed E-state index contributed by atoms with van der Waals surface area (Å²) in [5.41, 5.74) is -2.21. The number of carbonyl (C=O) groups is 1. The van der Waals surface area contributed by atoms with E-state index in [1.807, 2.05) is 0 Å². The molecule has 1 unspecified atom stereocenters. The summed E-state index contributed by atoms with van der Waals surface area (Å²) in [6.07, 6.45) is 3.21. The average Bonchev–Trinajstić information content (AvgIpc) is 2.85. The molecule has 1 N–H and O–H groups in total. The molecule has 0 bridgehead atoms. The second-order valence-corrected chi connectivity index (χ2v) is 4.58. The van der Waals surface area contributed by atoms with Gasteiger partial charge in [0.2, 0.25) is 5.89 Å². The van der Waals surface area contributed by atoms with Crippen molar-refractivity contribution in [2.75, 3.05) is 11.9 Å². The van der Waals surface area contributed by atoms with Crippen molar-refractivity contribution in [1.29, 1.82) is 0 Å². The molecule has 0 saturated carbocycles. The van der Waals surface area contributed by atoms with E-state index in [2.05, 4.69) is 15.3 Å². The molecule has 0 aliphatic rings. The van der Waals surface area contributed by atoms with Crippen molar-refractivity contribution < 1.29 is 18.0 Å². The lowest BCUT2D eigenvalue weighted by molar-refractivity contribution is 0.111. The van der Waals surface area contributed by atoms with Gasteiger partial charge >= 0.3 is 0 Å². The number of nitrogens with one attached hydrogen (secondary N) is 1. The third-order valence-electron chi connectivity index (χ3n) is 2.15. The summed E-state index contributed by atoms with van der Waals surface area (Å²) in [6.45, 7) is -0.556. The van der Waals surface area contributed by atoms with Gasteiger partial charge in [-0.05, 0) is 12.1 Å². The number of hydrogen-bond acceptors (Lipinski definition) is 5. The summed E-state index contributed by atoms with van der Waals surface area (Å²) in [5.74, 6) is 0.496. The maximum absolute atomic E-state index is 12.7. The predicted octanol–water partition coefficient (Wildman–Crippen LogP) is 2.43. The number of oxazole rings is 1. The average molecular weight is 285 g/mol. The first kappa shape index (κ1) is 13.5. The summed E-state index contributed by atoms with van der Waals surface area (Å²) < 4.78 is 30.5. The number of carbonyl (C=O) groups excluding carboxylic acids is 1. The number of alkyl halides is 2. The standard InChI is InChI=1S/C11H10F2N3O2P/c12-11(13,19)6-15-9-3-7(1-2-14-9)10-16-8(4-17)5-18-10/h1-5H,6,19H2,(H,14,15). The molecule has 2 rings (SSSR count). The highest BCUT2D eigenvalue weighted by atomic mass is 31.0. The minimum absolute atomic E-state index is 0.165. The second kappa shape index (κ2) is 5.40. The molecule has 1 atom stereocenters. The molecule has 0 spiro atoms. The molecular formula is C11H10F2N3O2P. The Bertz CT molecular complexity index is 583. The van der Waals surface area contributed by atoms with E-state index in [0.29, 0.717) is 11.8 Å². The molecule has 100 valence electrons. The number of hydrogen-bond donors (Lipinski definition) is 1. The number of rotatable bonds is 5. The lowest BCUT2D eigenvalue weighted by atomic mass is 10.2. The fourth-order valence-electron chi connectivity index (χ4n) is 1.34. The normalized spacial score (nSPS) is 11.3. The van der Waals surface area contributed by atoms with Gasteiger partial charge in [0.25, 0.3) is 5.66 Å². The molecule has 2 aromatic rings. The van der Waals surface area contributed by atoms with E-state index in [1.165, 1.54) is 27.8 Å². The highest BCUT2D eigenvalue weighted by Crippen LogP contribution is 2.24. The van der Waals surface area contributed by atoms with Gasteiger partial charge in [-0.3, -0.25) is 4.79 Å². The zero-order chi connectivity index (χ0) is 13.9. The Kier molecular flexibility index (Phi) is 3.85. The van der Waals surface area contributed by atoms with E-state index < -0.39 is 12.2 Å². The summed E-state index contributed by atoms with van der Waals surface area (Å²) in [6, 6.07) is 3.11. The zero-order valence-electron chi connectivity index (χ0n) is 9.64. The van der Waals surface area contributed by atoms with Gasteiger partial charge in [-0.25, -0.2) is 18.7 Å². The van der Waals surface area contributed by atoms with Crippen LogP contribution in [-0.2, 0) is 0 Å². The molecule has 19 heavy (non-hydrogen) atoms. The highest BCUT2D eigenvalue weighted by molar-refractivity contribution is 7.18. The number of pyridine rings is 1. The van der Waals surface area contributed by atoms with Crippen LogP contribution in [0.5, 0.6) is 0 Å². The molecule has 0 amide bonds. The predicted molar refractivity (Wildman–Crippen MR) is 68.3 cm³/mol.